The molecule has 1 unspecified atom stereocenters. The Morgan fingerprint density at radius 1 is 1.15 bits per heavy atom. The maximum atomic E-state index is 6.32. The minimum absolute atomic E-state index is 0.147. The number of halogens is 1. The van der Waals surface area contributed by atoms with Gasteiger partial charge < -0.3 is 10.3 Å². The minimum atomic E-state index is -0.147. The zero-order valence-corrected chi connectivity index (χ0v) is 12.0. The van der Waals surface area contributed by atoms with Crippen molar-refractivity contribution < 1.29 is 0 Å². The first-order valence-electron chi connectivity index (χ1n) is 6.57. The van der Waals surface area contributed by atoms with Crippen LogP contribution in [0.15, 0.2) is 48.5 Å². The van der Waals surface area contributed by atoms with Crippen LogP contribution in [0.3, 0.4) is 0 Å². The summed E-state index contributed by atoms with van der Waals surface area (Å²) in [5, 5.41) is 0.704. The van der Waals surface area contributed by atoms with Gasteiger partial charge in [-0.1, -0.05) is 48.0 Å². The number of fused-ring (bicyclic) bond motifs is 1. The molecule has 0 radical (unpaired) electrons. The molecule has 0 saturated heterocycles. The molecule has 0 spiro atoms. The molecule has 20 heavy (non-hydrogen) atoms. The van der Waals surface area contributed by atoms with Crippen LogP contribution in [0.1, 0.15) is 17.4 Å². The third-order valence-electron chi connectivity index (χ3n) is 3.51. The van der Waals surface area contributed by atoms with Crippen molar-refractivity contribution in [1.82, 2.24) is 9.55 Å². The molecule has 0 aliphatic carbocycles. The molecule has 0 fully saturated rings. The van der Waals surface area contributed by atoms with E-state index in [1.54, 1.807) is 0 Å². The maximum absolute atomic E-state index is 6.32. The number of rotatable bonds is 3. The Morgan fingerprint density at radius 2 is 1.90 bits per heavy atom. The molecule has 2 aromatic carbocycles. The summed E-state index contributed by atoms with van der Waals surface area (Å²) in [6.07, 6.45) is 0.760. The van der Waals surface area contributed by atoms with Gasteiger partial charge in [-0.15, -0.1) is 0 Å². The molecule has 3 rings (SSSR count). The number of hydrogen-bond acceptors (Lipinski definition) is 2. The third-order valence-corrected chi connectivity index (χ3v) is 3.81. The Hall–Kier alpha value is -1.84. The number of nitrogens with zero attached hydrogens (tertiary/aromatic N) is 2. The molecule has 2 N–H and O–H groups in total. The summed E-state index contributed by atoms with van der Waals surface area (Å²) >= 11 is 6.24. The summed E-state index contributed by atoms with van der Waals surface area (Å²) in [6.45, 7) is 0. The second-order valence-electron chi connectivity index (χ2n) is 4.93. The summed E-state index contributed by atoms with van der Waals surface area (Å²) in [5.41, 5.74) is 9.35. The fourth-order valence-corrected chi connectivity index (χ4v) is 2.83. The van der Waals surface area contributed by atoms with Crippen molar-refractivity contribution in [2.24, 2.45) is 12.8 Å². The fourth-order valence-electron chi connectivity index (χ4n) is 2.53. The number of imidazole rings is 1. The minimum Gasteiger partial charge on any atom is -0.329 e. The number of nitrogens with two attached hydrogens (primary N) is 1. The first kappa shape index (κ1) is 13.2. The topological polar surface area (TPSA) is 43.8 Å². The standard InChI is InChI=1S/C16H16ClN3/c1-20-15-12(17)8-5-9-14(15)19-16(20)13(18)10-11-6-3-2-4-7-11/h2-9,13H,10,18H2,1H3. The average molecular weight is 286 g/mol. The van der Waals surface area contributed by atoms with Crippen LogP contribution in [0.2, 0.25) is 5.02 Å². The van der Waals surface area contributed by atoms with E-state index >= 15 is 0 Å². The van der Waals surface area contributed by atoms with Crippen LogP contribution in [0.5, 0.6) is 0 Å². The predicted molar refractivity (Wildman–Crippen MR) is 82.8 cm³/mol. The lowest BCUT2D eigenvalue weighted by Gasteiger charge is -2.12. The van der Waals surface area contributed by atoms with Gasteiger partial charge in [0.05, 0.1) is 22.1 Å². The van der Waals surface area contributed by atoms with E-state index < -0.39 is 0 Å². The molecule has 0 bridgehead atoms. The maximum Gasteiger partial charge on any atom is 0.126 e. The van der Waals surface area contributed by atoms with Gasteiger partial charge in [-0.05, 0) is 24.1 Å². The zero-order chi connectivity index (χ0) is 14.1. The summed E-state index contributed by atoms with van der Waals surface area (Å²) in [6, 6.07) is 15.8. The van der Waals surface area contributed by atoms with Gasteiger partial charge in [-0.3, -0.25) is 0 Å². The van der Waals surface area contributed by atoms with Gasteiger partial charge in [0.25, 0.3) is 0 Å². The largest absolute Gasteiger partial charge is 0.329 e. The van der Waals surface area contributed by atoms with Crippen LogP contribution < -0.4 is 5.73 Å². The first-order valence-corrected chi connectivity index (χ1v) is 6.95. The smallest absolute Gasteiger partial charge is 0.126 e. The molecule has 4 heteroatoms. The van der Waals surface area contributed by atoms with Crippen molar-refractivity contribution in [3.05, 3.63) is 64.9 Å². The van der Waals surface area contributed by atoms with E-state index in [1.807, 2.05) is 48.0 Å². The van der Waals surface area contributed by atoms with Gasteiger partial charge in [0.1, 0.15) is 5.82 Å². The molecule has 0 saturated carbocycles. The Morgan fingerprint density at radius 3 is 2.60 bits per heavy atom. The van der Waals surface area contributed by atoms with Gasteiger partial charge in [0.15, 0.2) is 0 Å². The molecule has 1 atom stereocenters. The van der Waals surface area contributed by atoms with Crippen molar-refractivity contribution in [2.75, 3.05) is 0 Å². The second kappa shape index (κ2) is 5.27. The first-order chi connectivity index (χ1) is 9.66. The number of hydrogen-bond donors (Lipinski definition) is 1. The SMILES string of the molecule is Cn1c(C(N)Cc2ccccc2)nc2cccc(Cl)c21. The van der Waals surface area contributed by atoms with Crippen LogP contribution in [-0.4, -0.2) is 9.55 Å². The van der Waals surface area contributed by atoms with E-state index in [0.717, 1.165) is 23.3 Å². The summed E-state index contributed by atoms with van der Waals surface area (Å²) in [7, 11) is 1.96. The van der Waals surface area contributed by atoms with Gasteiger partial charge in [0, 0.05) is 7.05 Å². The molecule has 1 aromatic heterocycles. The van der Waals surface area contributed by atoms with Crippen molar-refractivity contribution in [1.29, 1.82) is 0 Å². The quantitative estimate of drug-likeness (QED) is 0.801. The van der Waals surface area contributed by atoms with Gasteiger partial charge in [0.2, 0.25) is 0 Å². The lowest BCUT2D eigenvalue weighted by atomic mass is 10.1. The average Bonchev–Trinajstić information content (AvgIpc) is 2.79. The molecule has 0 amide bonds. The normalized spacial score (nSPS) is 12.8. The number of benzene rings is 2. The van der Waals surface area contributed by atoms with E-state index in [0.29, 0.717) is 5.02 Å². The van der Waals surface area contributed by atoms with E-state index in [-0.39, 0.29) is 6.04 Å². The van der Waals surface area contributed by atoms with Crippen LogP contribution in [-0.2, 0) is 13.5 Å². The Labute approximate surface area is 123 Å². The molecule has 102 valence electrons. The van der Waals surface area contributed by atoms with Gasteiger partial charge >= 0.3 is 0 Å². The molecule has 0 aliphatic heterocycles. The lowest BCUT2D eigenvalue weighted by molar-refractivity contribution is 0.638. The molecule has 0 aliphatic rings. The zero-order valence-electron chi connectivity index (χ0n) is 11.3. The van der Waals surface area contributed by atoms with Gasteiger partial charge in [-0.2, -0.15) is 0 Å². The Balaban J connectivity index is 1.98. The summed E-state index contributed by atoms with van der Waals surface area (Å²) in [5.74, 6) is 0.858. The lowest BCUT2D eigenvalue weighted by Crippen LogP contribution is -2.17. The monoisotopic (exact) mass is 285 g/mol. The summed E-state index contributed by atoms with van der Waals surface area (Å²) < 4.78 is 1.99. The molecule has 3 aromatic rings. The van der Waals surface area contributed by atoms with E-state index in [2.05, 4.69) is 17.1 Å². The van der Waals surface area contributed by atoms with Crippen LogP contribution in [0.25, 0.3) is 11.0 Å². The van der Waals surface area contributed by atoms with Crippen molar-refractivity contribution in [2.45, 2.75) is 12.5 Å². The Kier molecular flexibility index (Phi) is 3.47. The third kappa shape index (κ3) is 2.30. The highest BCUT2D eigenvalue weighted by atomic mass is 35.5. The van der Waals surface area contributed by atoms with Crippen molar-refractivity contribution in [3.63, 3.8) is 0 Å². The molecule has 3 nitrogen and oxygen atoms in total. The van der Waals surface area contributed by atoms with E-state index in [9.17, 15) is 0 Å². The number of para-hydroxylation sites is 1. The molecular formula is C16H16ClN3. The second-order valence-corrected chi connectivity index (χ2v) is 5.34. The number of aryl methyl sites for hydroxylation is 1. The van der Waals surface area contributed by atoms with Crippen LogP contribution in [0, 0.1) is 0 Å². The fraction of sp³-hybridized carbons (Fsp3) is 0.188. The molecular weight excluding hydrogens is 270 g/mol. The van der Waals surface area contributed by atoms with Gasteiger partial charge in [-0.25, -0.2) is 4.98 Å². The highest BCUT2D eigenvalue weighted by molar-refractivity contribution is 6.35. The van der Waals surface area contributed by atoms with E-state index in [1.165, 1.54) is 5.56 Å². The summed E-state index contributed by atoms with van der Waals surface area (Å²) in [4.78, 5) is 4.62. The van der Waals surface area contributed by atoms with E-state index in [4.69, 9.17) is 17.3 Å². The Bertz CT molecular complexity index is 734. The predicted octanol–water partition coefficient (Wildman–Crippen LogP) is 3.47. The molecule has 1 heterocycles. The van der Waals surface area contributed by atoms with Crippen molar-refractivity contribution >= 4 is 22.6 Å². The highest BCUT2D eigenvalue weighted by Gasteiger charge is 2.16. The highest BCUT2D eigenvalue weighted by Crippen LogP contribution is 2.26. The van der Waals surface area contributed by atoms with Crippen LogP contribution >= 0.6 is 11.6 Å². The number of aromatic nitrogens is 2. The van der Waals surface area contributed by atoms with Crippen LogP contribution in [0.4, 0.5) is 0 Å². The van der Waals surface area contributed by atoms with Crippen molar-refractivity contribution in [3.8, 4) is 0 Å².